The molecule has 0 aliphatic carbocycles. The second-order valence-corrected chi connectivity index (χ2v) is 6.04. The van der Waals surface area contributed by atoms with E-state index in [0.717, 1.165) is 0 Å². The van der Waals surface area contributed by atoms with E-state index in [2.05, 4.69) is 51.1 Å². The summed E-state index contributed by atoms with van der Waals surface area (Å²) in [5, 5.41) is -0.0233. The molecule has 1 atom stereocenters. The van der Waals surface area contributed by atoms with Crippen molar-refractivity contribution in [3.63, 3.8) is 0 Å². The van der Waals surface area contributed by atoms with Crippen LogP contribution in [-0.2, 0) is 0 Å². The second kappa shape index (κ2) is 4.60. The number of halogens is 1. The Balaban J connectivity index is 2.38. The van der Waals surface area contributed by atoms with E-state index >= 15 is 0 Å². The minimum absolute atomic E-state index is 0.0233. The van der Waals surface area contributed by atoms with Gasteiger partial charge in [-0.2, -0.15) is 0 Å². The highest BCUT2D eigenvalue weighted by Crippen LogP contribution is 2.35. The van der Waals surface area contributed by atoms with Gasteiger partial charge < -0.3 is 0 Å². The zero-order chi connectivity index (χ0) is 11.7. The molecular weight excluding hydrogens is 236 g/mol. The van der Waals surface area contributed by atoms with Crippen molar-refractivity contribution in [3.05, 3.63) is 56.8 Å². The van der Waals surface area contributed by atoms with Crippen LogP contribution in [-0.4, -0.2) is 0 Å². The fourth-order valence-electron chi connectivity index (χ4n) is 1.91. The van der Waals surface area contributed by atoms with Crippen molar-refractivity contribution in [3.8, 4) is 0 Å². The average molecular weight is 251 g/mol. The highest BCUT2D eigenvalue weighted by atomic mass is 35.5. The Kier molecular flexibility index (Phi) is 3.36. The topological polar surface area (TPSA) is 0 Å². The molecule has 0 fully saturated rings. The molecule has 2 aromatic rings. The second-order valence-electron chi connectivity index (χ2n) is 4.15. The molecule has 2 heteroatoms. The van der Waals surface area contributed by atoms with E-state index in [0.29, 0.717) is 0 Å². The summed E-state index contributed by atoms with van der Waals surface area (Å²) >= 11 is 8.34. The fourth-order valence-corrected chi connectivity index (χ4v) is 3.30. The predicted molar refractivity (Wildman–Crippen MR) is 72.7 cm³/mol. The van der Waals surface area contributed by atoms with Gasteiger partial charge in [-0.1, -0.05) is 29.8 Å². The van der Waals surface area contributed by atoms with Crippen molar-refractivity contribution in [2.24, 2.45) is 0 Å². The molecule has 0 N–H and O–H groups in total. The summed E-state index contributed by atoms with van der Waals surface area (Å²) in [6.07, 6.45) is 0. The highest BCUT2D eigenvalue weighted by molar-refractivity contribution is 7.12. The van der Waals surface area contributed by atoms with Crippen molar-refractivity contribution in [1.82, 2.24) is 0 Å². The summed E-state index contributed by atoms with van der Waals surface area (Å²) in [5.41, 5.74) is 3.69. The summed E-state index contributed by atoms with van der Waals surface area (Å²) in [6, 6.07) is 10.6. The van der Waals surface area contributed by atoms with Crippen LogP contribution in [0.5, 0.6) is 0 Å². The first-order valence-corrected chi connectivity index (χ1v) is 6.61. The number of hydrogen-bond donors (Lipinski definition) is 0. The lowest BCUT2D eigenvalue weighted by Crippen LogP contribution is -1.93. The van der Waals surface area contributed by atoms with Gasteiger partial charge in [-0.3, -0.25) is 0 Å². The molecule has 16 heavy (non-hydrogen) atoms. The van der Waals surface area contributed by atoms with Gasteiger partial charge in [-0.15, -0.1) is 22.9 Å². The summed E-state index contributed by atoms with van der Waals surface area (Å²) in [4.78, 5) is 2.64. The van der Waals surface area contributed by atoms with Crippen LogP contribution in [0.1, 0.15) is 31.8 Å². The number of aryl methyl sites for hydroxylation is 3. The molecule has 0 aliphatic rings. The van der Waals surface area contributed by atoms with Gasteiger partial charge in [0.1, 0.15) is 0 Å². The van der Waals surface area contributed by atoms with E-state index in [9.17, 15) is 0 Å². The molecule has 0 saturated heterocycles. The molecule has 0 bridgehead atoms. The summed E-state index contributed by atoms with van der Waals surface area (Å²) in [6.45, 7) is 6.36. The van der Waals surface area contributed by atoms with Gasteiger partial charge in [0.2, 0.25) is 0 Å². The summed E-state index contributed by atoms with van der Waals surface area (Å²) in [7, 11) is 0. The molecule has 0 radical (unpaired) electrons. The van der Waals surface area contributed by atoms with Gasteiger partial charge in [-0.25, -0.2) is 0 Å². The zero-order valence-corrected chi connectivity index (χ0v) is 11.3. The molecule has 84 valence electrons. The molecule has 2 rings (SSSR count). The summed E-state index contributed by atoms with van der Waals surface area (Å²) < 4.78 is 0. The number of alkyl halides is 1. The van der Waals surface area contributed by atoms with Crippen LogP contribution in [0.4, 0.5) is 0 Å². The monoisotopic (exact) mass is 250 g/mol. The van der Waals surface area contributed by atoms with Gasteiger partial charge in [0.25, 0.3) is 0 Å². The Labute approximate surface area is 106 Å². The maximum absolute atomic E-state index is 6.53. The normalized spacial score (nSPS) is 12.8. The van der Waals surface area contributed by atoms with Gasteiger partial charge >= 0.3 is 0 Å². The van der Waals surface area contributed by atoms with Crippen LogP contribution >= 0.6 is 22.9 Å². The van der Waals surface area contributed by atoms with E-state index in [1.165, 1.54) is 26.4 Å². The maximum atomic E-state index is 6.53. The van der Waals surface area contributed by atoms with E-state index in [-0.39, 0.29) is 5.38 Å². The molecule has 0 saturated carbocycles. The third-order valence-electron chi connectivity index (χ3n) is 2.69. The van der Waals surface area contributed by atoms with Crippen molar-refractivity contribution in [2.45, 2.75) is 26.1 Å². The standard InChI is InChI=1S/C14H15ClS/c1-9-5-4-6-12(7-9)14(15)13-8-10(2)16-11(13)3/h4-8,14H,1-3H3. The first kappa shape index (κ1) is 11.7. The smallest absolute Gasteiger partial charge is 0.0846 e. The first-order valence-electron chi connectivity index (χ1n) is 5.35. The van der Waals surface area contributed by atoms with Crippen molar-refractivity contribution >= 4 is 22.9 Å². The Morgan fingerprint density at radius 2 is 1.88 bits per heavy atom. The van der Waals surface area contributed by atoms with Gasteiger partial charge in [-0.05, 0) is 38.0 Å². The van der Waals surface area contributed by atoms with E-state index < -0.39 is 0 Å². The first-order chi connectivity index (χ1) is 7.58. The number of benzene rings is 1. The molecule has 0 nitrogen and oxygen atoms in total. The lowest BCUT2D eigenvalue weighted by Gasteiger charge is -2.10. The van der Waals surface area contributed by atoms with Crippen molar-refractivity contribution in [2.75, 3.05) is 0 Å². The van der Waals surface area contributed by atoms with Crippen LogP contribution < -0.4 is 0 Å². The maximum Gasteiger partial charge on any atom is 0.0846 e. The van der Waals surface area contributed by atoms with Crippen LogP contribution in [0.25, 0.3) is 0 Å². The quantitative estimate of drug-likeness (QED) is 0.658. The number of hydrogen-bond acceptors (Lipinski definition) is 1. The van der Waals surface area contributed by atoms with Crippen molar-refractivity contribution < 1.29 is 0 Å². The largest absolute Gasteiger partial charge is 0.146 e. The molecular formula is C14H15ClS. The van der Waals surface area contributed by atoms with Gasteiger partial charge in [0.15, 0.2) is 0 Å². The predicted octanol–water partition coefficient (Wildman–Crippen LogP) is 5.00. The third kappa shape index (κ3) is 2.31. The van der Waals surface area contributed by atoms with Crippen LogP contribution in [0.3, 0.4) is 0 Å². The summed E-state index contributed by atoms with van der Waals surface area (Å²) in [5.74, 6) is 0. The van der Waals surface area contributed by atoms with Crippen LogP contribution in [0.2, 0.25) is 0 Å². The molecule has 1 unspecified atom stereocenters. The number of rotatable bonds is 2. The SMILES string of the molecule is Cc1cccc(C(Cl)c2cc(C)sc2C)c1. The zero-order valence-electron chi connectivity index (χ0n) is 9.75. The van der Waals surface area contributed by atoms with E-state index in [4.69, 9.17) is 11.6 Å². The average Bonchev–Trinajstić information content (AvgIpc) is 2.57. The van der Waals surface area contributed by atoms with Crippen molar-refractivity contribution in [1.29, 1.82) is 0 Å². The van der Waals surface area contributed by atoms with Crippen LogP contribution in [0.15, 0.2) is 30.3 Å². The molecule has 1 heterocycles. The molecule has 0 amide bonds. The molecule has 1 aromatic heterocycles. The fraction of sp³-hybridized carbons (Fsp3) is 0.286. The Hall–Kier alpha value is -0.790. The highest BCUT2D eigenvalue weighted by Gasteiger charge is 2.15. The minimum Gasteiger partial charge on any atom is -0.146 e. The van der Waals surface area contributed by atoms with Gasteiger partial charge in [0, 0.05) is 9.75 Å². The molecule has 1 aromatic carbocycles. The van der Waals surface area contributed by atoms with Crippen LogP contribution in [0, 0.1) is 20.8 Å². The third-order valence-corrected chi connectivity index (χ3v) is 4.16. The number of thiophene rings is 1. The minimum atomic E-state index is -0.0233. The van der Waals surface area contributed by atoms with E-state index in [1.807, 2.05) is 11.3 Å². The van der Waals surface area contributed by atoms with Gasteiger partial charge in [0.05, 0.1) is 5.38 Å². The Morgan fingerprint density at radius 1 is 1.12 bits per heavy atom. The van der Waals surface area contributed by atoms with E-state index in [1.54, 1.807) is 0 Å². The lowest BCUT2D eigenvalue weighted by atomic mass is 10.0. The lowest BCUT2D eigenvalue weighted by molar-refractivity contribution is 1.12. The Bertz CT molecular complexity index is 499. The molecule has 0 spiro atoms. The Morgan fingerprint density at radius 3 is 2.44 bits per heavy atom. The molecule has 0 aliphatic heterocycles.